The number of aliphatic carboxylic acids is 1. The molecule has 0 aliphatic rings. The Bertz CT molecular complexity index is 2420. The summed E-state index contributed by atoms with van der Waals surface area (Å²) in [4.78, 5) is 78.1. The zero-order valence-corrected chi connectivity index (χ0v) is 31.3. The summed E-state index contributed by atoms with van der Waals surface area (Å²) in [7, 11) is -3.95. The third-order valence-corrected chi connectivity index (χ3v) is 9.10. The van der Waals surface area contributed by atoms with Gasteiger partial charge in [0.2, 0.25) is 0 Å². The molecule has 0 radical (unpaired) electrons. The predicted molar refractivity (Wildman–Crippen MR) is 202 cm³/mol. The number of phosphoric acid groups is 1. The van der Waals surface area contributed by atoms with E-state index in [0.29, 0.717) is 22.8 Å². The maximum absolute atomic E-state index is 13.0. The number of para-hydroxylation sites is 1. The number of aryl methyl sites for hydroxylation is 1. The second-order valence-electron chi connectivity index (χ2n) is 11.9. The lowest BCUT2D eigenvalue weighted by molar-refractivity contribution is -0.140. The summed E-state index contributed by atoms with van der Waals surface area (Å²) in [6.07, 6.45) is 7.58. The molecular weight excluding hydrogens is 763 g/mol. The molecular formula is C38H35N6O12P. The molecule has 2 atom stereocenters. The number of terminal acetylenes is 1. The van der Waals surface area contributed by atoms with Crippen molar-refractivity contribution in [2.45, 2.75) is 45.9 Å². The van der Waals surface area contributed by atoms with E-state index in [0.717, 1.165) is 0 Å². The fraction of sp³-hybridized carbons (Fsp3) is 0.211. The Hall–Kier alpha value is -6.93. The number of anilines is 1. The van der Waals surface area contributed by atoms with Crippen LogP contribution in [0.2, 0.25) is 0 Å². The fourth-order valence-corrected chi connectivity index (χ4v) is 5.95. The van der Waals surface area contributed by atoms with Crippen LogP contribution in [0.1, 0.15) is 57.6 Å². The molecule has 2 aromatic heterocycles. The van der Waals surface area contributed by atoms with Gasteiger partial charge in [-0.2, -0.15) is 0 Å². The second kappa shape index (κ2) is 19.1. The molecule has 0 fully saturated rings. The highest BCUT2D eigenvalue weighted by molar-refractivity contribution is 7.48. The molecule has 18 nitrogen and oxygen atoms in total. The van der Waals surface area contributed by atoms with Crippen molar-refractivity contribution in [3.63, 3.8) is 0 Å². The van der Waals surface area contributed by atoms with E-state index >= 15 is 0 Å². The van der Waals surface area contributed by atoms with Gasteiger partial charge in [0.25, 0.3) is 11.5 Å². The third-order valence-electron chi connectivity index (χ3n) is 7.75. The number of nitrogens with zero attached hydrogens (tertiary/aromatic N) is 3. The first kappa shape index (κ1) is 41.2. The van der Waals surface area contributed by atoms with E-state index in [-0.39, 0.29) is 60.0 Å². The maximum Gasteiger partial charge on any atom is 0.538 e. The molecule has 0 aliphatic heterocycles. The van der Waals surface area contributed by atoms with E-state index in [2.05, 4.69) is 35.1 Å². The van der Waals surface area contributed by atoms with E-state index < -0.39 is 49.7 Å². The normalized spacial score (nSPS) is 12.4. The standard InChI is InChI=1S/C38H35N6O12P/c1-4-52-57(51,53-5-2)54-22-24-10-16-28(17-11-24)55-38(50)29-8-6-7-9-31(29)56-32(45)19-18-30(37(48)49)44-35(46)25-12-14-26(15-13-25)39-20-27-21-40-34-33(43-27)36(47)42-23(3)41-34/h1,6-17,21,30,39H,5,18-20,22H2,2-3H3,(H,44,46)(H,48,49)(H,40,41,42,47)/t30-,57?/m0/s1. The molecule has 57 heavy (non-hydrogen) atoms. The number of aromatic nitrogens is 4. The van der Waals surface area contributed by atoms with Crippen LogP contribution in [0, 0.1) is 19.5 Å². The predicted octanol–water partition coefficient (Wildman–Crippen LogP) is 4.69. The van der Waals surface area contributed by atoms with E-state index in [1.165, 1.54) is 54.7 Å². The number of carbonyl (C=O) groups excluding carboxylic acids is 3. The number of ether oxygens (including phenoxy) is 2. The number of fused-ring (bicyclic) bond motifs is 1. The number of H-pyrrole nitrogens is 1. The van der Waals surface area contributed by atoms with Crippen molar-refractivity contribution in [2.75, 3.05) is 11.9 Å². The summed E-state index contributed by atoms with van der Waals surface area (Å²) in [5, 5.41) is 15.3. The minimum atomic E-state index is -3.95. The smallest absolute Gasteiger partial charge is 0.480 e. The van der Waals surface area contributed by atoms with Crippen LogP contribution in [-0.4, -0.2) is 61.5 Å². The van der Waals surface area contributed by atoms with Gasteiger partial charge < -0.3 is 34.7 Å². The van der Waals surface area contributed by atoms with Crippen molar-refractivity contribution in [2.24, 2.45) is 0 Å². The first-order chi connectivity index (χ1) is 27.4. The number of carboxylic acid groups (broad SMARTS) is 1. The molecule has 4 N–H and O–H groups in total. The van der Waals surface area contributed by atoms with Gasteiger partial charge in [-0.25, -0.2) is 29.1 Å². The van der Waals surface area contributed by atoms with Gasteiger partial charge in [0.15, 0.2) is 11.2 Å². The Labute approximate surface area is 324 Å². The molecule has 1 amide bonds. The van der Waals surface area contributed by atoms with E-state index in [9.17, 15) is 33.6 Å². The fourth-order valence-electron chi connectivity index (χ4n) is 5.02. The number of amides is 1. The van der Waals surface area contributed by atoms with Crippen LogP contribution in [0.25, 0.3) is 11.2 Å². The Morgan fingerprint density at radius 2 is 1.72 bits per heavy atom. The van der Waals surface area contributed by atoms with Gasteiger partial charge in [-0.05, 0) is 74.4 Å². The third kappa shape index (κ3) is 11.5. The number of hydrogen-bond donors (Lipinski definition) is 4. The molecule has 1 unspecified atom stereocenters. The Morgan fingerprint density at radius 1 is 0.982 bits per heavy atom. The van der Waals surface area contributed by atoms with Gasteiger partial charge in [-0.1, -0.05) is 30.7 Å². The number of hydrogen-bond acceptors (Lipinski definition) is 15. The summed E-state index contributed by atoms with van der Waals surface area (Å²) in [5.41, 5.74) is 1.62. The van der Waals surface area contributed by atoms with Crippen LogP contribution < -0.4 is 25.7 Å². The minimum Gasteiger partial charge on any atom is -0.480 e. The van der Waals surface area contributed by atoms with Gasteiger partial charge in [0.1, 0.15) is 35.0 Å². The molecule has 3 aromatic carbocycles. The van der Waals surface area contributed by atoms with Gasteiger partial charge in [0, 0.05) is 17.7 Å². The average molecular weight is 799 g/mol. The second-order valence-corrected chi connectivity index (χ2v) is 13.5. The summed E-state index contributed by atoms with van der Waals surface area (Å²) < 4.78 is 38.0. The van der Waals surface area contributed by atoms with Gasteiger partial charge in [-0.3, -0.25) is 23.4 Å². The van der Waals surface area contributed by atoms with Crippen LogP contribution in [0.3, 0.4) is 0 Å². The summed E-state index contributed by atoms with van der Waals surface area (Å²) in [5.74, 6) is -3.36. The number of esters is 2. The first-order valence-electron chi connectivity index (χ1n) is 17.1. The van der Waals surface area contributed by atoms with E-state index in [1.807, 2.05) is 0 Å². The zero-order chi connectivity index (χ0) is 41.0. The quantitative estimate of drug-likeness (QED) is 0.0406. The molecule has 0 saturated heterocycles. The minimum absolute atomic E-state index is 0.0409. The number of benzene rings is 3. The monoisotopic (exact) mass is 798 g/mol. The topological polar surface area (TPSA) is 247 Å². The number of aromatic amines is 1. The average Bonchev–Trinajstić information content (AvgIpc) is 3.19. The van der Waals surface area contributed by atoms with Crippen molar-refractivity contribution in [1.82, 2.24) is 25.3 Å². The van der Waals surface area contributed by atoms with Crippen molar-refractivity contribution in [1.29, 1.82) is 0 Å². The lowest BCUT2D eigenvalue weighted by atomic mass is 10.1. The van der Waals surface area contributed by atoms with Crippen molar-refractivity contribution >= 4 is 48.5 Å². The summed E-state index contributed by atoms with van der Waals surface area (Å²) in [6.45, 7) is 3.30. The highest BCUT2D eigenvalue weighted by Crippen LogP contribution is 2.49. The van der Waals surface area contributed by atoms with Gasteiger partial charge in [0.05, 0.1) is 31.6 Å². The van der Waals surface area contributed by atoms with Gasteiger partial charge in [-0.15, -0.1) is 0 Å². The molecule has 0 saturated carbocycles. The van der Waals surface area contributed by atoms with E-state index in [4.69, 9.17) is 24.9 Å². The van der Waals surface area contributed by atoms with Crippen molar-refractivity contribution < 1.29 is 51.9 Å². The number of phosphoric ester groups is 1. The molecule has 0 aliphatic carbocycles. The molecule has 294 valence electrons. The molecule has 0 bridgehead atoms. The van der Waals surface area contributed by atoms with Crippen molar-refractivity contribution in [3.8, 4) is 24.0 Å². The molecule has 2 heterocycles. The maximum atomic E-state index is 13.0. The van der Waals surface area contributed by atoms with Crippen molar-refractivity contribution in [3.05, 3.63) is 118 Å². The van der Waals surface area contributed by atoms with Gasteiger partial charge >= 0.3 is 25.7 Å². The van der Waals surface area contributed by atoms with Crippen LogP contribution in [-0.2, 0) is 40.9 Å². The van der Waals surface area contributed by atoms with Crippen LogP contribution in [0.5, 0.6) is 11.5 Å². The Balaban J connectivity index is 1.11. The van der Waals surface area contributed by atoms with E-state index in [1.54, 1.807) is 44.2 Å². The Morgan fingerprint density at radius 3 is 2.42 bits per heavy atom. The highest BCUT2D eigenvalue weighted by atomic mass is 31.2. The summed E-state index contributed by atoms with van der Waals surface area (Å²) >= 11 is 0. The lowest BCUT2D eigenvalue weighted by Gasteiger charge is -2.15. The van der Waals surface area contributed by atoms with Crippen LogP contribution in [0.15, 0.2) is 83.8 Å². The molecule has 5 aromatic rings. The number of carboxylic acids is 1. The molecule has 0 spiro atoms. The summed E-state index contributed by atoms with van der Waals surface area (Å²) in [6, 6.07) is 16.5. The Kier molecular flexibility index (Phi) is 13.8. The number of nitrogens with one attached hydrogen (secondary N) is 3. The van der Waals surface area contributed by atoms with Crippen LogP contribution >= 0.6 is 7.82 Å². The molecule has 19 heteroatoms. The zero-order valence-electron chi connectivity index (χ0n) is 30.4. The number of rotatable bonds is 18. The van der Waals surface area contributed by atoms with Crippen LogP contribution in [0.4, 0.5) is 5.69 Å². The SMILES string of the molecule is C#COP(=O)(OCC)OCc1ccc(OC(=O)c2ccccc2OC(=O)CC[C@H](NC(=O)c2ccc(NCc3cnc4nc(C)[nH]c(=O)c4n3)cc2)C(=O)O)cc1. The lowest BCUT2D eigenvalue weighted by Crippen LogP contribution is -2.41. The first-order valence-corrected chi connectivity index (χ1v) is 18.6. The molecule has 5 rings (SSSR count). The largest absolute Gasteiger partial charge is 0.538 e. The number of carbonyl (C=O) groups is 4. The highest BCUT2D eigenvalue weighted by Gasteiger charge is 2.27.